The minimum absolute atomic E-state index is 0.143. The number of nitrogens with one attached hydrogen (secondary N) is 4. The van der Waals surface area contributed by atoms with Gasteiger partial charge in [0, 0.05) is 30.3 Å². The number of ether oxygens (including phenoxy) is 2. The van der Waals surface area contributed by atoms with Gasteiger partial charge in [0.25, 0.3) is 0 Å². The molecule has 15 nitrogen and oxygen atoms in total. The molecule has 302 valence electrons. The van der Waals surface area contributed by atoms with Crippen molar-refractivity contribution in [3.63, 3.8) is 0 Å². The quantitative estimate of drug-likeness (QED) is 0.109. The normalized spacial score (nSPS) is 16.9. The number of aromatic amines is 2. The zero-order chi connectivity index (χ0) is 41.1. The lowest BCUT2D eigenvalue weighted by Crippen LogP contribution is -2.52. The van der Waals surface area contributed by atoms with Gasteiger partial charge in [0.05, 0.1) is 61.5 Å². The van der Waals surface area contributed by atoms with E-state index in [9.17, 15) is 19.2 Å². The molecule has 15 heteroatoms. The molecule has 0 bridgehead atoms. The van der Waals surface area contributed by atoms with Crippen molar-refractivity contribution in [1.82, 2.24) is 40.5 Å². The summed E-state index contributed by atoms with van der Waals surface area (Å²) in [5.41, 5.74) is 8.14. The third kappa shape index (κ3) is 7.88. The summed E-state index contributed by atoms with van der Waals surface area (Å²) in [4.78, 5) is 76.1. The molecule has 2 aliphatic rings. The summed E-state index contributed by atoms with van der Waals surface area (Å²) in [7, 11) is 2.57. The first-order valence-electron chi connectivity index (χ1n) is 19.6. The van der Waals surface area contributed by atoms with E-state index in [-0.39, 0.29) is 29.8 Å². The second-order valence-electron chi connectivity index (χ2n) is 15.0. The van der Waals surface area contributed by atoms with Crippen LogP contribution in [0.2, 0.25) is 0 Å². The van der Waals surface area contributed by atoms with Crippen LogP contribution >= 0.6 is 0 Å². The molecule has 4 atom stereocenters. The van der Waals surface area contributed by atoms with Gasteiger partial charge in [0.1, 0.15) is 23.7 Å². The van der Waals surface area contributed by atoms with Gasteiger partial charge in [0.15, 0.2) is 0 Å². The van der Waals surface area contributed by atoms with E-state index in [2.05, 4.69) is 25.6 Å². The predicted molar refractivity (Wildman–Crippen MR) is 217 cm³/mol. The van der Waals surface area contributed by atoms with Gasteiger partial charge in [0.2, 0.25) is 11.8 Å². The lowest BCUT2D eigenvalue weighted by molar-refractivity contribution is -0.136. The molecule has 3 aromatic heterocycles. The number of hydrogen-bond donors (Lipinski definition) is 4. The molecule has 0 saturated heterocycles. The third-order valence-electron chi connectivity index (χ3n) is 11.0. The van der Waals surface area contributed by atoms with Crippen LogP contribution in [0.15, 0.2) is 73.2 Å². The number of carbonyl (C=O) groups is 4. The van der Waals surface area contributed by atoms with Crippen LogP contribution in [0.4, 0.5) is 15.3 Å². The Kier molecular flexibility index (Phi) is 11.6. The largest absolute Gasteiger partial charge is 0.453 e. The summed E-state index contributed by atoms with van der Waals surface area (Å²) in [6.45, 7) is 8.18. The topological polar surface area (TPSA) is 188 Å². The number of pyridine rings is 1. The number of rotatable bonds is 12. The van der Waals surface area contributed by atoms with Crippen LogP contribution in [0, 0.1) is 5.92 Å². The number of imidazole rings is 2. The molecule has 0 saturated carbocycles. The van der Waals surface area contributed by atoms with Crippen LogP contribution in [0.25, 0.3) is 33.8 Å². The monoisotopic (exact) mass is 787 g/mol. The van der Waals surface area contributed by atoms with Crippen molar-refractivity contribution in [2.75, 3.05) is 25.7 Å². The highest BCUT2D eigenvalue weighted by atomic mass is 16.5. The first kappa shape index (κ1) is 39.7. The Bertz CT molecular complexity index is 2280. The van der Waals surface area contributed by atoms with Gasteiger partial charge in [-0.05, 0) is 60.9 Å². The Hall–Kier alpha value is -6.51. The molecule has 7 rings (SSSR count). The molecular weight excluding hydrogens is 739 g/mol. The van der Waals surface area contributed by atoms with E-state index in [0.29, 0.717) is 37.5 Å². The fourth-order valence-electron chi connectivity index (χ4n) is 7.84. The number of benzene rings is 2. The van der Waals surface area contributed by atoms with E-state index in [0.717, 1.165) is 57.0 Å². The van der Waals surface area contributed by atoms with Gasteiger partial charge >= 0.3 is 12.2 Å². The van der Waals surface area contributed by atoms with E-state index < -0.39 is 24.3 Å². The number of alkyl carbamates (subject to hydrolysis) is 2. The summed E-state index contributed by atoms with van der Waals surface area (Å²) in [5, 5.41) is 5.41. The first-order chi connectivity index (χ1) is 28.0. The van der Waals surface area contributed by atoms with Crippen molar-refractivity contribution in [2.45, 2.75) is 77.5 Å². The van der Waals surface area contributed by atoms with Crippen LogP contribution in [0.5, 0.6) is 0 Å². The van der Waals surface area contributed by atoms with Crippen molar-refractivity contribution >= 4 is 29.7 Å². The Morgan fingerprint density at radius 2 is 1.55 bits per heavy atom. The Morgan fingerprint density at radius 3 is 2.24 bits per heavy atom. The maximum absolute atomic E-state index is 13.9. The molecule has 4 amide bonds. The van der Waals surface area contributed by atoms with Gasteiger partial charge in [-0.15, -0.1) is 0 Å². The number of nitrogens with zero attached hydrogens (tertiary/aromatic N) is 5. The standard InChI is InChI=1S/C43H49N9O6/c1-7-19-51(41(54)36(24(2)3)50-43(56)58-6)25(4)38-45-23-34(47-38)30-16-17-31(44-21-30)26-11-13-27(14-12-26)33-22-46-39(48-33)35-20-29-10-8-9-28-15-18-32(49-42(55)57-5)40(53)52(35)37(28)29/h8-14,16-17,21-25,32,35-36H,7,15,18-20H2,1-6H3,(H,45,47)(H,46,48)(H,49,55)(H,50,56)/t25-,32-,35-,36-/m0/s1. The fourth-order valence-corrected chi connectivity index (χ4v) is 7.84. The molecule has 58 heavy (non-hydrogen) atoms. The molecule has 0 radical (unpaired) electrons. The third-order valence-corrected chi connectivity index (χ3v) is 11.0. The van der Waals surface area contributed by atoms with E-state index in [4.69, 9.17) is 19.4 Å². The number of amides is 4. The SMILES string of the molecule is CCCN(C(=O)[C@@H](NC(=O)OC)C(C)C)[C@@H](C)c1ncc(-c2ccc(-c3ccc(-c4cnc([C@@H]5Cc6cccc7c6N5C(=O)[C@@H](NC(=O)OC)CC7)[nH]4)cc3)nc2)[nH]1. The second-order valence-corrected chi connectivity index (χ2v) is 15.0. The molecule has 5 heterocycles. The molecule has 0 spiro atoms. The summed E-state index contributed by atoms with van der Waals surface area (Å²) >= 11 is 0. The zero-order valence-corrected chi connectivity index (χ0v) is 33.5. The number of methoxy groups -OCH3 is 2. The molecular formula is C43H49N9O6. The minimum atomic E-state index is -0.739. The lowest BCUT2D eigenvalue weighted by atomic mass is 10.0. The minimum Gasteiger partial charge on any atom is -0.453 e. The van der Waals surface area contributed by atoms with Gasteiger partial charge in [-0.25, -0.2) is 19.6 Å². The summed E-state index contributed by atoms with van der Waals surface area (Å²) in [5.74, 6) is 0.768. The zero-order valence-electron chi connectivity index (χ0n) is 33.5. The number of aryl methyl sites for hydroxylation is 1. The van der Waals surface area contributed by atoms with E-state index in [1.54, 1.807) is 28.4 Å². The van der Waals surface area contributed by atoms with Crippen molar-refractivity contribution in [1.29, 1.82) is 0 Å². The number of H-pyrrole nitrogens is 2. The number of para-hydroxylation sites is 1. The fraction of sp³-hybridized carbons (Fsp3) is 0.372. The second kappa shape index (κ2) is 16.9. The van der Waals surface area contributed by atoms with E-state index in [1.165, 1.54) is 14.2 Å². The van der Waals surface area contributed by atoms with Gasteiger partial charge in [-0.2, -0.15) is 0 Å². The van der Waals surface area contributed by atoms with Gasteiger partial charge in [-0.3, -0.25) is 19.5 Å². The van der Waals surface area contributed by atoms with Crippen LogP contribution in [0.3, 0.4) is 0 Å². The number of aromatic nitrogens is 5. The van der Waals surface area contributed by atoms with Crippen LogP contribution < -0.4 is 15.5 Å². The van der Waals surface area contributed by atoms with Crippen molar-refractivity contribution in [3.05, 3.63) is 96.0 Å². The molecule has 4 N–H and O–H groups in total. The average molecular weight is 788 g/mol. The van der Waals surface area contributed by atoms with Crippen LogP contribution in [0.1, 0.15) is 75.4 Å². The lowest BCUT2D eigenvalue weighted by Gasteiger charge is -2.33. The Balaban J connectivity index is 1.04. The van der Waals surface area contributed by atoms with Crippen molar-refractivity contribution in [3.8, 4) is 33.8 Å². The molecule has 0 aliphatic carbocycles. The predicted octanol–water partition coefficient (Wildman–Crippen LogP) is 6.51. The molecule has 0 fully saturated rings. The van der Waals surface area contributed by atoms with E-state index in [1.807, 2.05) is 82.3 Å². The molecule has 2 aliphatic heterocycles. The number of carbonyl (C=O) groups excluding carboxylic acids is 4. The maximum Gasteiger partial charge on any atom is 0.407 e. The number of anilines is 1. The first-order valence-corrected chi connectivity index (χ1v) is 19.6. The Morgan fingerprint density at radius 1 is 0.862 bits per heavy atom. The van der Waals surface area contributed by atoms with Gasteiger partial charge in [-0.1, -0.05) is 63.2 Å². The Labute approximate surface area is 337 Å². The molecule has 2 aromatic carbocycles. The van der Waals surface area contributed by atoms with Crippen molar-refractivity contribution < 1.29 is 28.7 Å². The average Bonchev–Trinajstić information content (AvgIpc) is 4.00. The molecule has 5 aromatic rings. The summed E-state index contributed by atoms with van der Waals surface area (Å²) < 4.78 is 9.57. The van der Waals surface area contributed by atoms with Gasteiger partial charge < -0.3 is 35.0 Å². The van der Waals surface area contributed by atoms with Crippen molar-refractivity contribution in [2.24, 2.45) is 5.92 Å². The van der Waals surface area contributed by atoms with Crippen LogP contribution in [-0.4, -0.2) is 86.7 Å². The maximum atomic E-state index is 13.9. The smallest absolute Gasteiger partial charge is 0.407 e. The molecule has 0 unspecified atom stereocenters. The van der Waals surface area contributed by atoms with Crippen LogP contribution in [-0.2, 0) is 31.9 Å². The summed E-state index contributed by atoms with van der Waals surface area (Å²) in [6.07, 6.45) is 6.50. The summed E-state index contributed by atoms with van der Waals surface area (Å²) in [6, 6.07) is 15.9. The highest BCUT2D eigenvalue weighted by Gasteiger charge is 2.43. The number of hydrogen-bond acceptors (Lipinski definition) is 9. The van der Waals surface area contributed by atoms with E-state index >= 15 is 0 Å². The highest BCUT2D eigenvalue weighted by molar-refractivity contribution is 6.02. The highest BCUT2D eigenvalue weighted by Crippen LogP contribution is 2.44.